The minimum Gasteiger partial charge on any atom is -0.462 e. The molecule has 21 heavy (non-hydrogen) atoms. The molecule has 1 fully saturated rings. The lowest BCUT2D eigenvalue weighted by Gasteiger charge is -2.32. The lowest BCUT2D eigenvalue weighted by molar-refractivity contribution is 0.0527. The molecule has 0 aromatic heterocycles. The normalized spacial score (nSPS) is 25.4. The van der Waals surface area contributed by atoms with Crippen molar-refractivity contribution < 1.29 is 9.53 Å². The van der Waals surface area contributed by atoms with E-state index in [4.69, 9.17) is 10.5 Å². The number of nitrogens with two attached hydrogens (primary N) is 1. The Labute approximate surface area is 127 Å². The SMILES string of the molecule is CCOC(=O)c1cc(NC2CC(C)CC(C)C2)ccc1N. The third kappa shape index (κ3) is 4.13. The van der Waals surface area contributed by atoms with Crippen LogP contribution in [0.2, 0.25) is 0 Å². The summed E-state index contributed by atoms with van der Waals surface area (Å²) in [5.74, 6) is 1.12. The van der Waals surface area contributed by atoms with E-state index >= 15 is 0 Å². The van der Waals surface area contributed by atoms with Gasteiger partial charge < -0.3 is 15.8 Å². The number of hydrogen-bond acceptors (Lipinski definition) is 4. The van der Waals surface area contributed by atoms with Crippen LogP contribution >= 0.6 is 0 Å². The van der Waals surface area contributed by atoms with E-state index in [1.807, 2.05) is 6.07 Å². The molecule has 1 aromatic carbocycles. The van der Waals surface area contributed by atoms with Gasteiger partial charge in [0.25, 0.3) is 0 Å². The van der Waals surface area contributed by atoms with Crippen molar-refractivity contribution >= 4 is 17.3 Å². The fourth-order valence-corrected chi connectivity index (χ4v) is 3.33. The Hall–Kier alpha value is -1.71. The van der Waals surface area contributed by atoms with Crippen molar-refractivity contribution in [2.45, 2.75) is 46.1 Å². The van der Waals surface area contributed by atoms with Gasteiger partial charge in [-0.25, -0.2) is 4.79 Å². The number of nitrogens with one attached hydrogen (secondary N) is 1. The maximum atomic E-state index is 11.9. The highest BCUT2D eigenvalue weighted by molar-refractivity contribution is 5.96. The molecule has 0 saturated heterocycles. The van der Waals surface area contributed by atoms with Crippen molar-refractivity contribution in [3.63, 3.8) is 0 Å². The van der Waals surface area contributed by atoms with Crippen LogP contribution in [-0.2, 0) is 4.74 Å². The second-order valence-electron chi connectivity index (χ2n) is 6.28. The summed E-state index contributed by atoms with van der Waals surface area (Å²) in [5.41, 5.74) is 7.72. The zero-order valence-electron chi connectivity index (χ0n) is 13.2. The molecule has 3 N–H and O–H groups in total. The van der Waals surface area contributed by atoms with Gasteiger partial charge in [-0.05, 0) is 56.2 Å². The van der Waals surface area contributed by atoms with Crippen LogP contribution in [0.25, 0.3) is 0 Å². The number of carbonyl (C=O) groups is 1. The van der Waals surface area contributed by atoms with Crippen LogP contribution in [0, 0.1) is 11.8 Å². The molecule has 0 heterocycles. The molecule has 1 saturated carbocycles. The Balaban J connectivity index is 2.10. The topological polar surface area (TPSA) is 64.3 Å². The van der Waals surface area contributed by atoms with E-state index in [0.29, 0.717) is 23.9 Å². The van der Waals surface area contributed by atoms with Crippen LogP contribution in [-0.4, -0.2) is 18.6 Å². The van der Waals surface area contributed by atoms with E-state index in [1.54, 1.807) is 19.1 Å². The summed E-state index contributed by atoms with van der Waals surface area (Å²) in [7, 11) is 0. The third-order valence-electron chi connectivity index (χ3n) is 4.10. The van der Waals surface area contributed by atoms with E-state index in [9.17, 15) is 4.79 Å². The summed E-state index contributed by atoms with van der Waals surface area (Å²) < 4.78 is 5.04. The average molecular weight is 290 g/mol. The maximum Gasteiger partial charge on any atom is 0.340 e. The summed E-state index contributed by atoms with van der Waals surface area (Å²) >= 11 is 0. The number of carbonyl (C=O) groups excluding carboxylic acids is 1. The average Bonchev–Trinajstić information content (AvgIpc) is 2.40. The van der Waals surface area contributed by atoms with Crippen LogP contribution in [0.1, 0.15) is 50.4 Å². The Morgan fingerprint density at radius 2 is 1.95 bits per heavy atom. The number of benzene rings is 1. The highest BCUT2D eigenvalue weighted by atomic mass is 16.5. The molecular formula is C17H26N2O2. The van der Waals surface area contributed by atoms with Crippen molar-refractivity contribution in [1.82, 2.24) is 0 Å². The zero-order valence-corrected chi connectivity index (χ0v) is 13.2. The van der Waals surface area contributed by atoms with E-state index < -0.39 is 0 Å². The van der Waals surface area contributed by atoms with Crippen molar-refractivity contribution in [2.75, 3.05) is 17.7 Å². The largest absolute Gasteiger partial charge is 0.462 e. The van der Waals surface area contributed by atoms with Crippen molar-refractivity contribution in [2.24, 2.45) is 11.8 Å². The Morgan fingerprint density at radius 1 is 1.29 bits per heavy atom. The molecule has 0 aliphatic heterocycles. The molecule has 0 bridgehead atoms. The molecule has 1 aliphatic rings. The zero-order chi connectivity index (χ0) is 15.4. The number of rotatable bonds is 4. The van der Waals surface area contributed by atoms with Gasteiger partial charge in [-0.2, -0.15) is 0 Å². The Kier molecular flexibility index (Phi) is 5.10. The first-order chi connectivity index (χ1) is 9.99. The highest BCUT2D eigenvalue weighted by Gasteiger charge is 2.24. The quantitative estimate of drug-likeness (QED) is 0.656. The third-order valence-corrected chi connectivity index (χ3v) is 4.10. The molecule has 0 amide bonds. The van der Waals surface area contributed by atoms with Gasteiger partial charge in [0, 0.05) is 17.4 Å². The van der Waals surface area contributed by atoms with Gasteiger partial charge in [0.2, 0.25) is 0 Å². The van der Waals surface area contributed by atoms with Crippen LogP contribution in [0.15, 0.2) is 18.2 Å². The van der Waals surface area contributed by atoms with Crippen LogP contribution in [0.3, 0.4) is 0 Å². The second-order valence-corrected chi connectivity index (χ2v) is 6.28. The molecule has 4 nitrogen and oxygen atoms in total. The summed E-state index contributed by atoms with van der Waals surface area (Å²) in [5, 5.41) is 3.54. The molecule has 1 aliphatic carbocycles. The monoisotopic (exact) mass is 290 g/mol. The molecule has 2 atom stereocenters. The minimum absolute atomic E-state index is 0.355. The fourth-order valence-electron chi connectivity index (χ4n) is 3.33. The lowest BCUT2D eigenvalue weighted by Crippen LogP contribution is -2.30. The summed E-state index contributed by atoms with van der Waals surface area (Å²) in [6.07, 6.45) is 3.64. The molecule has 2 rings (SSSR count). The summed E-state index contributed by atoms with van der Waals surface area (Å²) in [6.45, 7) is 6.75. The molecule has 0 spiro atoms. The molecule has 116 valence electrons. The smallest absolute Gasteiger partial charge is 0.340 e. The van der Waals surface area contributed by atoms with Gasteiger partial charge in [0.1, 0.15) is 0 Å². The van der Waals surface area contributed by atoms with E-state index in [-0.39, 0.29) is 5.97 Å². The first-order valence-electron chi connectivity index (χ1n) is 7.82. The standard InChI is InChI=1S/C17H26N2O2/c1-4-21-17(20)15-10-13(5-6-16(15)18)19-14-8-11(2)7-12(3)9-14/h5-6,10-12,14,19H,4,7-9,18H2,1-3H3. The van der Waals surface area contributed by atoms with Crippen molar-refractivity contribution in [3.8, 4) is 0 Å². The minimum atomic E-state index is -0.357. The Morgan fingerprint density at radius 3 is 2.57 bits per heavy atom. The molecule has 2 unspecified atom stereocenters. The number of anilines is 2. The van der Waals surface area contributed by atoms with E-state index in [0.717, 1.165) is 17.5 Å². The van der Waals surface area contributed by atoms with Crippen LogP contribution < -0.4 is 11.1 Å². The second kappa shape index (κ2) is 6.83. The molecular weight excluding hydrogens is 264 g/mol. The molecule has 4 heteroatoms. The number of nitrogen functional groups attached to an aromatic ring is 1. The fraction of sp³-hybridized carbons (Fsp3) is 0.588. The first kappa shape index (κ1) is 15.7. The van der Waals surface area contributed by atoms with Crippen molar-refractivity contribution in [1.29, 1.82) is 0 Å². The predicted octanol–water partition coefficient (Wildman–Crippen LogP) is 3.68. The summed E-state index contributed by atoms with van der Waals surface area (Å²) in [4.78, 5) is 11.9. The number of esters is 1. The van der Waals surface area contributed by atoms with Crippen LogP contribution in [0.4, 0.5) is 11.4 Å². The van der Waals surface area contributed by atoms with Gasteiger partial charge in [-0.3, -0.25) is 0 Å². The van der Waals surface area contributed by atoms with Crippen molar-refractivity contribution in [3.05, 3.63) is 23.8 Å². The maximum absolute atomic E-state index is 11.9. The Bertz CT molecular complexity index is 492. The highest BCUT2D eigenvalue weighted by Crippen LogP contribution is 2.31. The van der Waals surface area contributed by atoms with Crippen LogP contribution in [0.5, 0.6) is 0 Å². The van der Waals surface area contributed by atoms with Gasteiger partial charge in [0.05, 0.1) is 12.2 Å². The van der Waals surface area contributed by atoms with Gasteiger partial charge in [0.15, 0.2) is 0 Å². The van der Waals surface area contributed by atoms with Gasteiger partial charge in [-0.15, -0.1) is 0 Å². The predicted molar refractivity (Wildman–Crippen MR) is 86.4 cm³/mol. The van der Waals surface area contributed by atoms with Gasteiger partial charge in [-0.1, -0.05) is 13.8 Å². The first-order valence-corrected chi connectivity index (χ1v) is 7.82. The molecule has 1 aromatic rings. The van der Waals surface area contributed by atoms with Gasteiger partial charge >= 0.3 is 5.97 Å². The lowest BCUT2D eigenvalue weighted by atomic mass is 9.80. The van der Waals surface area contributed by atoms with E-state index in [2.05, 4.69) is 19.2 Å². The number of ether oxygens (including phenoxy) is 1. The number of hydrogen-bond donors (Lipinski definition) is 2. The van der Waals surface area contributed by atoms with E-state index in [1.165, 1.54) is 19.3 Å². The molecule has 0 radical (unpaired) electrons. The summed E-state index contributed by atoms with van der Waals surface area (Å²) in [6, 6.07) is 5.96.